The third-order valence-electron chi connectivity index (χ3n) is 4.19. The van der Waals surface area contributed by atoms with Crippen molar-refractivity contribution in [3.8, 4) is 5.75 Å². The fraction of sp³-hybridized carbons (Fsp3) is 0.0870. The molecule has 0 bridgehead atoms. The number of nitrogens with zero attached hydrogens (tertiary/aromatic N) is 1. The molecule has 0 saturated carbocycles. The number of ether oxygens (including phenoxy) is 1. The molecule has 0 aliphatic carbocycles. The summed E-state index contributed by atoms with van der Waals surface area (Å²) in [5.74, 6) is -0.433. The predicted molar refractivity (Wildman–Crippen MR) is 117 cm³/mol. The molecule has 1 amide bonds. The first-order valence-corrected chi connectivity index (χ1v) is 9.71. The summed E-state index contributed by atoms with van der Waals surface area (Å²) in [4.78, 5) is 24.7. The van der Waals surface area contributed by atoms with E-state index in [-0.39, 0.29) is 5.91 Å². The van der Waals surface area contributed by atoms with E-state index in [9.17, 15) is 9.59 Å². The number of aryl methyl sites for hydroxylation is 2. The van der Waals surface area contributed by atoms with Crippen LogP contribution in [0.4, 0.5) is 0 Å². The lowest BCUT2D eigenvalue weighted by Gasteiger charge is -2.09. The Bertz CT molecular complexity index is 1090. The summed E-state index contributed by atoms with van der Waals surface area (Å²) in [6.45, 7) is 3.76. The summed E-state index contributed by atoms with van der Waals surface area (Å²) in [6.07, 6.45) is 1.44. The van der Waals surface area contributed by atoms with Crippen LogP contribution in [-0.4, -0.2) is 18.1 Å². The maximum Gasteiger partial charge on any atom is 0.343 e. The van der Waals surface area contributed by atoms with Crippen LogP contribution >= 0.6 is 15.9 Å². The highest BCUT2D eigenvalue weighted by Gasteiger charge is 2.13. The molecule has 3 rings (SSSR count). The van der Waals surface area contributed by atoms with Gasteiger partial charge in [0.2, 0.25) is 0 Å². The molecular formula is C23H19BrN2O3. The monoisotopic (exact) mass is 450 g/mol. The number of hydrogen-bond donors (Lipinski definition) is 1. The molecule has 0 aliphatic rings. The molecule has 3 aromatic carbocycles. The van der Waals surface area contributed by atoms with Crippen molar-refractivity contribution in [3.05, 3.63) is 99.0 Å². The van der Waals surface area contributed by atoms with Crippen LogP contribution in [0.1, 0.15) is 37.4 Å². The molecule has 29 heavy (non-hydrogen) atoms. The number of carbonyl (C=O) groups is 2. The van der Waals surface area contributed by atoms with Gasteiger partial charge in [0.1, 0.15) is 5.75 Å². The van der Waals surface area contributed by atoms with E-state index < -0.39 is 5.97 Å². The second-order valence-corrected chi connectivity index (χ2v) is 7.37. The molecule has 1 N–H and O–H groups in total. The molecule has 0 spiro atoms. The van der Waals surface area contributed by atoms with Crippen LogP contribution in [0.15, 0.2) is 76.3 Å². The average Bonchev–Trinajstić information content (AvgIpc) is 2.70. The molecule has 0 atom stereocenters. The molecule has 0 saturated heterocycles. The smallest absolute Gasteiger partial charge is 0.343 e. The Kier molecular flexibility index (Phi) is 6.57. The first kappa shape index (κ1) is 20.5. The molecule has 0 fully saturated rings. The number of rotatable bonds is 5. The molecule has 0 unspecified atom stereocenters. The van der Waals surface area contributed by atoms with E-state index in [0.29, 0.717) is 22.4 Å². The first-order valence-electron chi connectivity index (χ1n) is 8.91. The predicted octanol–water partition coefficient (Wildman–Crippen LogP) is 5.05. The number of esters is 1. The minimum absolute atomic E-state index is 0.321. The van der Waals surface area contributed by atoms with Crippen molar-refractivity contribution in [1.82, 2.24) is 5.43 Å². The number of amides is 1. The van der Waals surface area contributed by atoms with Crippen molar-refractivity contribution >= 4 is 34.0 Å². The largest absolute Gasteiger partial charge is 0.422 e. The second-order valence-electron chi connectivity index (χ2n) is 6.46. The topological polar surface area (TPSA) is 67.8 Å². The number of hydrogen-bond acceptors (Lipinski definition) is 4. The summed E-state index contributed by atoms with van der Waals surface area (Å²) in [6, 6.07) is 19.6. The van der Waals surface area contributed by atoms with Crippen molar-refractivity contribution in [2.75, 3.05) is 0 Å². The van der Waals surface area contributed by atoms with Crippen molar-refractivity contribution in [2.45, 2.75) is 13.8 Å². The van der Waals surface area contributed by atoms with Crippen molar-refractivity contribution in [2.24, 2.45) is 5.10 Å². The lowest BCUT2D eigenvalue weighted by atomic mass is 10.1. The minimum atomic E-state index is -0.455. The number of carbonyl (C=O) groups excluding carboxylic acids is 2. The van der Waals surface area contributed by atoms with Crippen molar-refractivity contribution in [3.63, 3.8) is 0 Å². The third-order valence-corrected chi connectivity index (χ3v) is 4.68. The average molecular weight is 451 g/mol. The maximum atomic E-state index is 12.5. The zero-order valence-corrected chi connectivity index (χ0v) is 17.6. The van der Waals surface area contributed by atoms with E-state index >= 15 is 0 Å². The highest BCUT2D eigenvalue weighted by atomic mass is 79.9. The molecule has 0 aromatic heterocycles. The summed E-state index contributed by atoms with van der Waals surface area (Å²) in [5, 5.41) is 4.01. The number of nitrogens with one attached hydrogen (secondary N) is 1. The van der Waals surface area contributed by atoms with Gasteiger partial charge in [0, 0.05) is 15.6 Å². The van der Waals surface area contributed by atoms with E-state index in [1.807, 2.05) is 38.1 Å². The Morgan fingerprint density at radius 1 is 1.00 bits per heavy atom. The van der Waals surface area contributed by atoms with E-state index in [1.54, 1.807) is 42.5 Å². The van der Waals surface area contributed by atoms with Gasteiger partial charge in [-0.15, -0.1) is 0 Å². The number of halogens is 1. The van der Waals surface area contributed by atoms with Gasteiger partial charge in [-0.25, -0.2) is 10.2 Å². The van der Waals surface area contributed by atoms with Gasteiger partial charge in [-0.2, -0.15) is 5.10 Å². The summed E-state index contributed by atoms with van der Waals surface area (Å²) in [7, 11) is 0. The van der Waals surface area contributed by atoms with Gasteiger partial charge in [0.25, 0.3) is 5.91 Å². The molecule has 146 valence electrons. The van der Waals surface area contributed by atoms with Crippen LogP contribution in [0.2, 0.25) is 0 Å². The highest BCUT2D eigenvalue weighted by molar-refractivity contribution is 9.10. The second kappa shape index (κ2) is 9.30. The first-order chi connectivity index (χ1) is 13.9. The van der Waals surface area contributed by atoms with Gasteiger partial charge >= 0.3 is 5.97 Å². The molecule has 0 radical (unpaired) electrons. The third kappa shape index (κ3) is 5.39. The van der Waals surface area contributed by atoms with E-state index in [0.717, 1.165) is 15.6 Å². The van der Waals surface area contributed by atoms with Gasteiger partial charge in [-0.1, -0.05) is 51.8 Å². The molecule has 0 aliphatic heterocycles. The van der Waals surface area contributed by atoms with Gasteiger partial charge in [-0.3, -0.25) is 4.79 Å². The maximum absolute atomic E-state index is 12.5. The zero-order valence-electron chi connectivity index (χ0n) is 16.0. The minimum Gasteiger partial charge on any atom is -0.422 e. The standard InChI is InChI=1S/C23H19BrN2O3/c1-15-6-5-8-17(12-15)22(27)26-25-14-18-13-19(24)10-11-21(18)29-23(28)20-9-4-3-7-16(20)2/h3-14H,1-2H3,(H,26,27). The van der Waals surface area contributed by atoms with E-state index in [4.69, 9.17) is 4.74 Å². The van der Waals surface area contributed by atoms with Crippen molar-refractivity contribution < 1.29 is 14.3 Å². The zero-order chi connectivity index (χ0) is 20.8. The molecule has 0 heterocycles. The Hall–Kier alpha value is -3.25. The Balaban J connectivity index is 1.76. The van der Waals surface area contributed by atoms with Crippen LogP contribution in [0, 0.1) is 13.8 Å². The van der Waals surface area contributed by atoms with Crippen LogP contribution in [0.5, 0.6) is 5.75 Å². The lowest BCUT2D eigenvalue weighted by Crippen LogP contribution is -2.17. The molecule has 6 heteroatoms. The molecular weight excluding hydrogens is 432 g/mol. The van der Waals surface area contributed by atoms with Crippen LogP contribution < -0.4 is 10.2 Å². The quantitative estimate of drug-likeness (QED) is 0.256. The Labute approximate surface area is 177 Å². The van der Waals surface area contributed by atoms with E-state index in [2.05, 4.69) is 26.5 Å². The fourth-order valence-electron chi connectivity index (χ4n) is 2.68. The van der Waals surface area contributed by atoms with Crippen LogP contribution in [0.3, 0.4) is 0 Å². The van der Waals surface area contributed by atoms with E-state index in [1.165, 1.54) is 6.21 Å². The van der Waals surface area contributed by atoms with Crippen LogP contribution in [0.25, 0.3) is 0 Å². The summed E-state index contributed by atoms with van der Waals surface area (Å²) < 4.78 is 6.35. The van der Waals surface area contributed by atoms with Crippen molar-refractivity contribution in [1.29, 1.82) is 0 Å². The number of benzene rings is 3. The SMILES string of the molecule is Cc1cccc(C(=O)NN=Cc2cc(Br)ccc2OC(=O)c2ccccc2C)c1. The summed E-state index contributed by atoms with van der Waals surface area (Å²) >= 11 is 3.40. The Morgan fingerprint density at radius 2 is 1.79 bits per heavy atom. The normalized spacial score (nSPS) is 10.7. The number of hydrazone groups is 1. The lowest BCUT2D eigenvalue weighted by molar-refractivity contribution is 0.0733. The Morgan fingerprint density at radius 3 is 2.55 bits per heavy atom. The van der Waals surface area contributed by atoms with Gasteiger partial charge in [0.15, 0.2) is 0 Å². The molecule has 5 nitrogen and oxygen atoms in total. The van der Waals surface area contributed by atoms with Gasteiger partial charge < -0.3 is 4.74 Å². The van der Waals surface area contributed by atoms with Crippen LogP contribution in [-0.2, 0) is 0 Å². The highest BCUT2D eigenvalue weighted by Crippen LogP contribution is 2.23. The van der Waals surface area contributed by atoms with Gasteiger partial charge in [-0.05, 0) is 55.8 Å². The fourth-order valence-corrected chi connectivity index (χ4v) is 3.06. The van der Waals surface area contributed by atoms with Gasteiger partial charge in [0.05, 0.1) is 11.8 Å². The summed E-state index contributed by atoms with van der Waals surface area (Å²) in [5.41, 5.74) is 5.86. The molecule has 3 aromatic rings.